The summed E-state index contributed by atoms with van der Waals surface area (Å²) in [6.07, 6.45) is 4.87. The molecule has 1 aromatic heterocycles. The highest BCUT2D eigenvalue weighted by Crippen LogP contribution is 2.40. The number of oxazole rings is 1. The van der Waals surface area contributed by atoms with Gasteiger partial charge in [0.1, 0.15) is 5.76 Å². The molecule has 3 rings (SSSR count). The van der Waals surface area contributed by atoms with E-state index < -0.39 is 0 Å². The Kier molecular flexibility index (Phi) is 5.87. The van der Waals surface area contributed by atoms with Crippen LogP contribution in [0.4, 0.5) is 0 Å². The lowest BCUT2D eigenvalue weighted by atomic mass is 9.79. The molecule has 0 amide bonds. The summed E-state index contributed by atoms with van der Waals surface area (Å²) in [4.78, 5) is 8.74. The monoisotopic (exact) mass is 374 g/mol. The van der Waals surface area contributed by atoms with E-state index in [9.17, 15) is 0 Å². The number of rotatable bonds is 5. The van der Waals surface area contributed by atoms with Crippen LogP contribution in [0.5, 0.6) is 0 Å². The number of nitrogens with one attached hydrogen (secondary N) is 2. The Labute approximate surface area is 160 Å². The summed E-state index contributed by atoms with van der Waals surface area (Å²) in [5.74, 6) is 2.30. The third-order valence-electron chi connectivity index (χ3n) is 5.31. The van der Waals surface area contributed by atoms with Gasteiger partial charge in [0, 0.05) is 24.0 Å². The van der Waals surface area contributed by atoms with Gasteiger partial charge in [-0.2, -0.15) is 0 Å². The van der Waals surface area contributed by atoms with Crippen LogP contribution < -0.4 is 10.6 Å². The third-order valence-corrected chi connectivity index (χ3v) is 5.57. The van der Waals surface area contributed by atoms with Gasteiger partial charge in [0.2, 0.25) is 5.89 Å². The fourth-order valence-electron chi connectivity index (χ4n) is 3.67. The van der Waals surface area contributed by atoms with Crippen LogP contribution in [0, 0.1) is 13.8 Å². The van der Waals surface area contributed by atoms with Gasteiger partial charge in [-0.15, -0.1) is 0 Å². The molecule has 0 unspecified atom stereocenters. The van der Waals surface area contributed by atoms with Crippen LogP contribution in [0.1, 0.15) is 48.6 Å². The van der Waals surface area contributed by atoms with E-state index in [1.807, 2.05) is 26.0 Å². The average Bonchev–Trinajstić information content (AvgIpc) is 3.23. The van der Waals surface area contributed by atoms with Gasteiger partial charge in [-0.1, -0.05) is 36.6 Å². The van der Waals surface area contributed by atoms with Gasteiger partial charge in [-0.3, -0.25) is 4.99 Å². The summed E-state index contributed by atoms with van der Waals surface area (Å²) in [5.41, 5.74) is 2.41. The predicted octanol–water partition coefficient (Wildman–Crippen LogP) is 4.12. The van der Waals surface area contributed by atoms with Crippen LogP contribution in [0.25, 0.3) is 0 Å². The Bertz CT molecular complexity index is 741. The Balaban J connectivity index is 1.63. The average molecular weight is 375 g/mol. The maximum Gasteiger partial charge on any atom is 0.214 e. The Morgan fingerprint density at radius 3 is 2.46 bits per heavy atom. The lowest BCUT2D eigenvalue weighted by Crippen LogP contribution is -2.44. The molecule has 1 aliphatic carbocycles. The molecule has 0 spiro atoms. The van der Waals surface area contributed by atoms with Crippen LogP contribution in [0.2, 0.25) is 5.02 Å². The summed E-state index contributed by atoms with van der Waals surface area (Å²) < 4.78 is 5.62. The standard InChI is InChI=1S/C20H27ClN4O/c1-14-15(2)26-18(25-14)12-23-19(22-3)24-13-20(10-4-5-11-20)16-6-8-17(21)9-7-16/h6-9H,4-5,10-13H2,1-3H3,(H2,22,23,24). The first-order chi connectivity index (χ1) is 12.5. The normalized spacial score (nSPS) is 16.7. The Morgan fingerprint density at radius 2 is 1.88 bits per heavy atom. The second kappa shape index (κ2) is 8.12. The molecule has 0 bridgehead atoms. The van der Waals surface area contributed by atoms with Crippen molar-refractivity contribution >= 4 is 17.6 Å². The highest BCUT2D eigenvalue weighted by Gasteiger charge is 2.35. The SMILES string of the molecule is CN=C(NCc1nc(C)c(C)o1)NCC1(c2ccc(Cl)cc2)CCCC1. The lowest BCUT2D eigenvalue weighted by molar-refractivity contribution is 0.429. The lowest BCUT2D eigenvalue weighted by Gasteiger charge is -2.30. The predicted molar refractivity (Wildman–Crippen MR) is 106 cm³/mol. The number of hydrogen-bond acceptors (Lipinski definition) is 3. The van der Waals surface area contributed by atoms with Gasteiger partial charge in [0.15, 0.2) is 5.96 Å². The number of guanidine groups is 1. The van der Waals surface area contributed by atoms with Gasteiger partial charge in [0.05, 0.1) is 12.2 Å². The minimum absolute atomic E-state index is 0.137. The van der Waals surface area contributed by atoms with Crippen molar-refractivity contribution in [3.63, 3.8) is 0 Å². The third kappa shape index (κ3) is 4.21. The molecule has 5 nitrogen and oxygen atoms in total. The number of aromatic nitrogens is 1. The van der Waals surface area contributed by atoms with Gasteiger partial charge >= 0.3 is 0 Å². The molecule has 2 N–H and O–H groups in total. The minimum Gasteiger partial charge on any atom is -0.444 e. The summed E-state index contributed by atoms with van der Waals surface area (Å²) in [6, 6.07) is 8.28. The second-order valence-corrected chi connectivity index (χ2v) is 7.46. The van der Waals surface area contributed by atoms with Crippen LogP contribution in [-0.2, 0) is 12.0 Å². The van der Waals surface area contributed by atoms with E-state index in [4.69, 9.17) is 16.0 Å². The van der Waals surface area contributed by atoms with Crippen molar-refractivity contribution in [3.8, 4) is 0 Å². The maximum atomic E-state index is 6.07. The molecule has 1 aliphatic rings. The number of benzene rings is 1. The summed E-state index contributed by atoms with van der Waals surface area (Å²) in [7, 11) is 1.78. The first-order valence-corrected chi connectivity index (χ1v) is 9.54. The van der Waals surface area contributed by atoms with Gasteiger partial charge in [-0.25, -0.2) is 4.98 Å². The first-order valence-electron chi connectivity index (χ1n) is 9.16. The van der Waals surface area contributed by atoms with Crippen molar-refractivity contribution in [2.24, 2.45) is 4.99 Å². The van der Waals surface area contributed by atoms with Crippen molar-refractivity contribution in [2.45, 2.75) is 51.5 Å². The molecule has 0 radical (unpaired) electrons. The van der Waals surface area contributed by atoms with E-state index in [0.29, 0.717) is 12.4 Å². The molecule has 1 saturated carbocycles. The van der Waals surface area contributed by atoms with Crippen LogP contribution in [0.3, 0.4) is 0 Å². The summed E-state index contributed by atoms with van der Waals surface area (Å²) in [6.45, 7) is 5.24. The Hall–Kier alpha value is -2.01. The van der Waals surface area contributed by atoms with Crippen molar-refractivity contribution in [1.29, 1.82) is 0 Å². The Morgan fingerprint density at radius 1 is 1.19 bits per heavy atom. The molecule has 140 valence electrons. The zero-order valence-electron chi connectivity index (χ0n) is 15.7. The van der Waals surface area contributed by atoms with Gasteiger partial charge in [0.25, 0.3) is 0 Å². The van der Waals surface area contributed by atoms with E-state index in [0.717, 1.165) is 29.0 Å². The van der Waals surface area contributed by atoms with Crippen LogP contribution in [0.15, 0.2) is 33.7 Å². The topological polar surface area (TPSA) is 62.5 Å². The van der Waals surface area contributed by atoms with E-state index in [2.05, 4.69) is 32.7 Å². The number of hydrogen-bond donors (Lipinski definition) is 2. The van der Waals surface area contributed by atoms with E-state index in [1.165, 1.54) is 31.2 Å². The molecule has 6 heteroatoms. The maximum absolute atomic E-state index is 6.07. The molecular formula is C20H27ClN4O. The van der Waals surface area contributed by atoms with Gasteiger partial charge < -0.3 is 15.1 Å². The van der Waals surface area contributed by atoms with E-state index in [1.54, 1.807) is 7.05 Å². The minimum atomic E-state index is 0.137. The molecule has 1 heterocycles. The second-order valence-electron chi connectivity index (χ2n) is 7.02. The van der Waals surface area contributed by atoms with E-state index in [-0.39, 0.29) is 5.41 Å². The van der Waals surface area contributed by atoms with Crippen LogP contribution in [-0.4, -0.2) is 24.5 Å². The quantitative estimate of drug-likeness (QED) is 0.610. The highest BCUT2D eigenvalue weighted by atomic mass is 35.5. The molecule has 2 aromatic rings. The zero-order chi connectivity index (χ0) is 18.6. The number of halogens is 1. The molecule has 0 aliphatic heterocycles. The van der Waals surface area contributed by atoms with Crippen molar-refractivity contribution in [3.05, 3.63) is 52.2 Å². The molecule has 26 heavy (non-hydrogen) atoms. The number of aryl methyl sites for hydroxylation is 2. The summed E-state index contributed by atoms with van der Waals surface area (Å²) in [5, 5.41) is 7.56. The van der Waals surface area contributed by atoms with Crippen LogP contribution >= 0.6 is 11.6 Å². The largest absolute Gasteiger partial charge is 0.444 e. The van der Waals surface area contributed by atoms with Crippen molar-refractivity contribution in [1.82, 2.24) is 15.6 Å². The molecule has 0 atom stereocenters. The number of nitrogens with zero attached hydrogens (tertiary/aromatic N) is 2. The van der Waals surface area contributed by atoms with Crippen molar-refractivity contribution in [2.75, 3.05) is 13.6 Å². The molecule has 1 aromatic carbocycles. The van der Waals surface area contributed by atoms with E-state index >= 15 is 0 Å². The summed E-state index contributed by atoms with van der Waals surface area (Å²) >= 11 is 6.07. The first kappa shape index (κ1) is 18.8. The molecule has 0 saturated heterocycles. The highest BCUT2D eigenvalue weighted by molar-refractivity contribution is 6.30. The number of aliphatic imine (C=N–C) groups is 1. The fraction of sp³-hybridized carbons (Fsp3) is 0.500. The smallest absolute Gasteiger partial charge is 0.214 e. The van der Waals surface area contributed by atoms with Gasteiger partial charge in [-0.05, 0) is 44.4 Å². The molecule has 1 fully saturated rings. The zero-order valence-corrected chi connectivity index (χ0v) is 16.5. The molecular weight excluding hydrogens is 348 g/mol. The van der Waals surface area contributed by atoms with Crippen molar-refractivity contribution < 1.29 is 4.42 Å². The fourth-order valence-corrected chi connectivity index (χ4v) is 3.80.